The van der Waals surface area contributed by atoms with E-state index < -0.39 is 0 Å². The molecule has 0 radical (unpaired) electrons. The monoisotopic (exact) mass is 402 g/mol. The van der Waals surface area contributed by atoms with E-state index >= 15 is 0 Å². The van der Waals surface area contributed by atoms with Crippen LogP contribution in [0.2, 0.25) is 0 Å². The molecule has 1 atom stereocenters. The summed E-state index contributed by atoms with van der Waals surface area (Å²) in [5, 5.41) is 8.27. The Labute approximate surface area is 173 Å². The number of halogens is 1. The number of rotatable bonds is 5. The van der Waals surface area contributed by atoms with Gasteiger partial charge in [-0.25, -0.2) is 4.68 Å². The number of hydrogen-bond acceptors (Lipinski definition) is 3. The first-order valence-corrected chi connectivity index (χ1v) is 10.4. The number of carbonyl (C=O) groups excluding carboxylic acids is 1. The maximum absolute atomic E-state index is 13.5. The zero-order valence-corrected chi connectivity index (χ0v) is 17.7. The molecule has 0 saturated carbocycles. The molecule has 1 fully saturated rings. The number of hydrogen-bond donors (Lipinski definition) is 1. The maximum atomic E-state index is 13.5. The quantitative estimate of drug-likeness (QED) is 0.829. The Balaban J connectivity index is 0.00000225. The van der Waals surface area contributed by atoms with Gasteiger partial charge in [-0.2, -0.15) is 5.10 Å². The second-order valence-corrected chi connectivity index (χ2v) is 7.87. The molecule has 28 heavy (non-hydrogen) atoms. The highest BCUT2D eigenvalue weighted by Gasteiger charge is 2.32. The van der Waals surface area contributed by atoms with E-state index in [9.17, 15) is 4.79 Å². The van der Waals surface area contributed by atoms with E-state index in [1.165, 1.54) is 23.2 Å². The predicted octanol–water partition coefficient (Wildman–Crippen LogP) is 3.70. The average Bonchev–Trinajstić information content (AvgIpc) is 3.34. The van der Waals surface area contributed by atoms with Crippen molar-refractivity contribution in [1.82, 2.24) is 20.0 Å². The smallest absolute Gasteiger partial charge is 0.274 e. The van der Waals surface area contributed by atoms with Crippen LogP contribution in [-0.4, -0.2) is 46.3 Å². The van der Waals surface area contributed by atoms with Gasteiger partial charge >= 0.3 is 0 Å². The number of fused-ring (bicyclic) bond motifs is 1. The standard InChI is InChI=1S/C22H30N4O.ClH/c1-3-14-25(18-12-13-23-15-18)22(27)21-19-6-4-5-7-20(19)26(24-21)17-10-8-16(2)9-11-17;/h8-11,18,23H,3-7,12-15H2,1-2H3;1H. The minimum Gasteiger partial charge on any atom is -0.333 e. The molecule has 0 spiro atoms. The summed E-state index contributed by atoms with van der Waals surface area (Å²) in [6.45, 7) is 6.93. The largest absolute Gasteiger partial charge is 0.333 e. The molecule has 1 aliphatic carbocycles. The third kappa shape index (κ3) is 3.96. The van der Waals surface area contributed by atoms with Gasteiger partial charge in [0.25, 0.3) is 5.91 Å². The van der Waals surface area contributed by atoms with E-state index in [1.54, 1.807) is 0 Å². The average molecular weight is 403 g/mol. The van der Waals surface area contributed by atoms with Crippen molar-refractivity contribution in [2.24, 2.45) is 0 Å². The van der Waals surface area contributed by atoms with Gasteiger partial charge < -0.3 is 10.2 Å². The summed E-state index contributed by atoms with van der Waals surface area (Å²) in [4.78, 5) is 15.6. The van der Waals surface area contributed by atoms with Gasteiger partial charge in [-0.1, -0.05) is 24.6 Å². The number of carbonyl (C=O) groups is 1. The predicted molar refractivity (Wildman–Crippen MR) is 115 cm³/mol. The Hall–Kier alpha value is -1.85. The highest BCUT2D eigenvalue weighted by molar-refractivity contribution is 5.94. The van der Waals surface area contributed by atoms with Crippen molar-refractivity contribution in [3.63, 3.8) is 0 Å². The Morgan fingerprint density at radius 1 is 1.25 bits per heavy atom. The van der Waals surface area contributed by atoms with Crippen molar-refractivity contribution in [2.75, 3.05) is 19.6 Å². The van der Waals surface area contributed by atoms with Crippen molar-refractivity contribution >= 4 is 18.3 Å². The zero-order valence-electron chi connectivity index (χ0n) is 16.9. The van der Waals surface area contributed by atoms with Gasteiger partial charge in [-0.05, 0) is 64.1 Å². The Morgan fingerprint density at radius 2 is 2.00 bits per heavy atom. The lowest BCUT2D eigenvalue weighted by Gasteiger charge is -2.28. The van der Waals surface area contributed by atoms with Crippen LogP contribution in [-0.2, 0) is 12.8 Å². The number of benzene rings is 1. The van der Waals surface area contributed by atoms with E-state index in [4.69, 9.17) is 5.10 Å². The fraction of sp³-hybridized carbons (Fsp3) is 0.545. The molecule has 0 bridgehead atoms. The Kier molecular flexibility index (Phi) is 6.78. The zero-order chi connectivity index (χ0) is 18.8. The van der Waals surface area contributed by atoms with Gasteiger partial charge in [0.1, 0.15) is 0 Å². The van der Waals surface area contributed by atoms with E-state index in [2.05, 4.69) is 48.3 Å². The molecule has 6 heteroatoms. The van der Waals surface area contributed by atoms with Crippen LogP contribution < -0.4 is 5.32 Å². The topological polar surface area (TPSA) is 50.2 Å². The lowest BCUT2D eigenvalue weighted by molar-refractivity contribution is 0.0684. The van der Waals surface area contributed by atoms with Crippen molar-refractivity contribution in [2.45, 2.75) is 58.4 Å². The van der Waals surface area contributed by atoms with Crippen LogP contribution in [0.15, 0.2) is 24.3 Å². The minimum absolute atomic E-state index is 0. The van der Waals surface area contributed by atoms with E-state index in [-0.39, 0.29) is 18.3 Å². The van der Waals surface area contributed by atoms with Gasteiger partial charge in [0.05, 0.1) is 5.69 Å². The number of nitrogens with zero attached hydrogens (tertiary/aromatic N) is 3. The minimum atomic E-state index is 0. The number of aryl methyl sites for hydroxylation is 1. The van der Waals surface area contributed by atoms with Gasteiger partial charge in [0.2, 0.25) is 0 Å². The van der Waals surface area contributed by atoms with Gasteiger partial charge in [-0.15, -0.1) is 12.4 Å². The second-order valence-electron chi connectivity index (χ2n) is 7.87. The van der Waals surface area contributed by atoms with Crippen molar-refractivity contribution in [1.29, 1.82) is 0 Å². The Morgan fingerprint density at radius 3 is 2.68 bits per heavy atom. The van der Waals surface area contributed by atoms with Gasteiger partial charge in [0, 0.05) is 30.4 Å². The summed E-state index contributed by atoms with van der Waals surface area (Å²) in [7, 11) is 0. The molecule has 1 aromatic heterocycles. The molecule has 1 N–H and O–H groups in total. The molecule has 1 aliphatic heterocycles. The van der Waals surface area contributed by atoms with Crippen LogP contribution in [0.5, 0.6) is 0 Å². The van der Waals surface area contributed by atoms with Gasteiger partial charge in [0.15, 0.2) is 5.69 Å². The van der Waals surface area contributed by atoms with Crippen LogP contribution in [0.3, 0.4) is 0 Å². The Bertz CT molecular complexity index is 809. The van der Waals surface area contributed by atoms with Crippen molar-refractivity contribution in [3.05, 3.63) is 46.8 Å². The number of aromatic nitrogens is 2. The number of amides is 1. The van der Waals surface area contributed by atoms with Crippen LogP contribution in [0.25, 0.3) is 5.69 Å². The third-order valence-corrected chi connectivity index (χ3v) is 5.86. The molecular formula is C22H31ClN4O. The number of nitrogens with one attached hydrogen (secondary N) is 1. The van der Waals surface area contributed by atoms with Gasteiger partial charge in [-0.3, -0.25) is 4.79 Å². The third-order valence-electron chi connectivity index (χ3n) is 5.86. The SMILES string of the molecule is CCCN(C(=O)c1nn(-c2ccc(C)cc2)c2c1CCCC2)C1CCNC1.Cl. The van der Waals surface area contributed by atoms with Crippen LogP contribution in [0.1, 0.15) is 59.9 Å². The first-order chi connectivity index (χ1) is 13.2. The molecule has 1 amide bonds. The van der Waals surface area contributed by atoms with E-state index in [0.29, 0.717) is 11.7 Å². The fourth-order valence-corrected chi connectivity index (χ4v) is 4.40. The molecular weight excluding hydrogens is 372 g/mol. The lowest BCUT2D eigenvalue weighted by Crippen LogP contribution is -2.42. The molecule has 2 aliphatic rings. The summed E-state index contributed by atoms with van der Waals surface area (Å²) >= 11 is 0. The summed E-state index contributed by atoms with van der Waals surface area (Å²) in [6.07, 6.45) is 6.29. The summed E-state index contributed by atoms with van der Waals surface area (Å²) < 4.78 is 2.03. The van der Waals surface area contributed by atoms with Crippen LogP contribution in [0.4, 0.5) is 0 Å². The summed E-state index contributed by atoms with van der Waals surface area (Å²) in [5.41, 5.74) is 5.39. The van der Waals surface area contributed by atoms with E-state index in [0.717, 1.165) is 57.4 Å². The molecule has 152 valence electrons. The molecule has 2 aromatic rings. The molecule has 4 rings (SSSR count). The lowest BCUT2D eigenvalue weighted by atomic mass is 9.95. The second kappa shape index (κ2) is 9.10. The molecule has 1 unspecified atom stereocenters. The molecule has 1 saturated heterocycles. The van der Waals surface area contributed by atoms with E-state index in [1.807, 2.05) is 4.68 Å². The maximum Gasteiger partial charge on any atom is 0.274 e. The first-order valence-electron chi connectivity index (χ1n) is 10.4. The molecule has 2 heterocycles. The van der Waals surface area contributed by atoms with Crippen LogP contribution >= 0.6 is 12.4 Å². The summed E-state index contributed by atoms with van der Waals surface area (Å²) in [6, 6.07) is 8.73. The first kappa shape index (κ1) is 20.9. The highest BCUT2D eigenvalue weighted by atomic mass is 35.5. The molecule has 5 nitrogen and oxygen atoms in total. The van der Waals surface area contributed by atoms with Crippen molar-refractivity contribution in [3.8, 4) is 5.69 Å². The fourth-order valence-electron chi connectivity index (χ4n) is 4.40. The van der Waals surface area contributed by atoms with Crippen molar-refractivity contribution < 1.29 is 4.79 Å². The van der Waals surface area contributed by atoms with Crippen LogP contribution in [0, 0.1) is 6.92 Å². The normalized spacial score (nSPS) is 18.4. The molecule has 1 aromatic carbocycles. The summed E-state index contributed by atoms with van der Waals surface area (Å²) in [5.74, 6) is 0.120. The highest BCUT2D eigenvalue weighted by Crippen LogP contribution is 2.28.